The number of thioether (sulfide) groups is 1. The minimum absolute atomic E-state index is 0.121. The first-order valence-corrected chi connectivity index (χ1v) is 8.39. The lowest BCUT2D eigenvalue weighted by molar-refractivity contribution is -0.117. The average molecular weight is 296 g/mol. The van der Waals surface area contributed by atoms with Crippen LogP contribution in [0.5, 0.6) is 0 Å². The molecule has 1 aromatic heterocycles. The highest BCUT2D eigenvalue weighted by Crippen LogP contribution is 2.42. The molecule has 3 rings (SSSR count). The summed E-state index contributed by atoms with van der Waals surface area (Å²) in [5.41, 5.74) is 1.15. The number of aromatic nitrogens is 1. The molecule has 19 heavy (non-hydrogen) atoms. The van der Waals surface area contributed by atoms with E-state index in [0.717, 1.165) is 16.6 Å². The minimum atomic E-state index is 0.121. The van der Waals surface area contributed by atoms with E-state index in [0.29, 0.717) is 18.9 Å². The first-order valence-electron chi connectivity index (χ1n) is 6.52. The van der Waals surface area contributed by atoms with Gasteiger partial charge in [-0.3, -0.25) is 14.5 Å². The van der Waals surface area contributed by atoms with Crippen LogP contribution in [0, 0.1) is 5.92 Å². The molecule has 1 amide bonds. The fraction of sp³-hybridized carbons (Fsp3) is 0.615. The third-order valence-corrected chi connectivity index (χ3v) is 5.39. The molecule has 1 unspecified atom stereocenters. The van der Waals surface area contributed by atoms with Crippen LogP contribution in [0.1, 0.15) is 37.8 Å². The summed E-state index contributed by atoms with van der Waals surface area (Å²) >= 11 is 2.88. The molecule has 2 heterocycles. The van der Waals surface area contributed by atoms with E-state index in [1.54, 1.807) is 23.2 Å². The second-order valence-electron chi connectivity index (χ2n) is 5.21. The van der Waals surface area contributed by atoms with Gasteiger partial charge < -0.3 is 0 Å². The number of nitrogens with zero attached hydrogens (tertiary/aromatic N) is 2. The number of anilines is 1. The molecule has 0 aromatic carbocycles. The van der Waals surface area contributed by atoms with Crippen molar-refractivity contribution in [2.45, 2.75) is 32.1 Å². The van der Waals surface area contributed by atoms with E-state index in [9.17, 15) is 9.59 Å². The third-order valence-electron chi connectivity index (χ3n) is 3.46. The van der Waals surface area contributed by atoms with Gasteiger partial charge in [-0.2, -0.15) is 0 Å². The molecule has 0 N–H and O–H groups in total. The Hall–Kier alpha value is -0.880. The zero-order valence-corrected chi connectivity index (χ0v) is 12.4. The fourth-order valence-corrected chi connectivity index (χ4v) is 3.91. The van der Waals surface area contributed by atoms with Crippen molar-refractivity contribution in [3.8, 4) is 0 Å². The highest BCUT2D eigenvalue weighted by Gasteiger charge is 2.33. The van der Waals surface area contributed by atoms with Crippen LogP contribution in [0.4, 0.5) is 5.13 Å². The van der Waals surface area contributed by atoms with Gasteiger partial charge in [-0.15, -0.1) is 11.3 Å². The summed E-state index contributed by atoms with van der Waals surface area (Å²) in [7, 11) is 0. The van der Waals surface area contributed by atoms with Gasteiger partial charge in [0.25, 0.3) is 0 Å². The Labute approximate surface area is 120 Å². The van der Waals surface area contributed by atoms with Crippen LogP contribution in [0.3, 0.4) is 0 Å². The van der Waals surface area contributed by atoms with Gasteiger partial charge in [0, 0.05) is 36.9 Å². The minimum Gasteiger partial charge on any atom is -0.288 e. The molecule has 1 atom stereocenters. The predicted molar refractivity (Wildman–Crippen MR) is 77.7 cm³/mol. The normalized spacial score (nSPS) is 23.1. The maximum absolute atomic E-state index is 12.0. The molecule has 0 spiro atoms. The Kier molecular flexibility index (Phi) is 3.62. The van der Waals surface area contributed by atoms with Crippen molar-refractivity contribution in [3.05, 3.63) is 11.1 Å². The summed E-state index contributed by atoms with van der Waals surface area (Å²) in [4.78, 5) is 29.4. The Balaban J connectivity index is 1.63. The second kappa shape index (κ2) is 5.25. The standard InChI is InChI=1S/C13H16N2O2S2/c1-8(16)18-6-9-4-12(17)15(5-9)13-14-11(7-19-13)10-2-3-10/h7,9-10H,2-6H2,1H3. The molecule has 0 bridgehead atoms. The highest BCUT2D eigenvalue weighted by atomic mass is 32.2. The van der Waals surface area contributed by atoms with E-state index >= 15 is 0 Å². The van der Waals surface area contributed by atoms with Crippen LogP contribution in [0.15, 0.2) is 5.38 Å². The van der Waals surface area contributed by atoms with Crippen molar-refractivity contribution in [3.63, 3.8) is 0 Å². The molecule has 1 saturated heterocycles. The van der Waals surface area contributed by atoms with E-state index in [-0.39, 0.29) is 16.9 Å². The third kappa shape index (κ3) is 3.00. The Morgan fingerprint density at radius 2 is 2.37 bits per heavy atom. The van der Waals surface area contributed by atoms with E-state index in [2.05, 4.69) is 10.4 Å². The largest absolute Gasteiger partial charge is 0.288 e. The SMILES string of the molecule is CC(=O)SCC1CC(=O)N(c2nc(C3CC3)cs2)C1. The van der Waals surface area contributed by atoms with Crippen molar-refractivity contribution in [1.82, 2.24) is 4.98 Å². The zero-order chi connectivity index (χ0) is 13.4. The van der Waals surface area contributed by atoms with Crippen LogP contribution in [0.2, 0.25) is 0 Å². The number of hydrogen-bond acceptors (Lipinski definition) is 5. The van der Waals surface area contributed by atoms with E-state index in [4.69, 9.17) is 0 Å². The van der Waals surface area contributed by atoms with Crippen molar-refractivity contribution in [2.75, 3.05) is 17.2 Å². The monoisotopic (exact) mass is 296 g/mol. The van der Waals surface area contributed by atoms with Crippen LogP contribution in [-0.2, 0) is 9.59 Å². The van der Waals surface area contributed by atoms with Crippen LogP contribution >= 0.6 is 23.1 Å². The highest BCUT2D eigenvalue weighted by molar-refractivity contribution is 8.13. The van der Waals surface area contributed by atoms with Gasteiger partial charge in [0.1, 0.15) is 0 Å². The summed E-state index contributed by atoms with van der Waals surface area (Å²) in [5.74, 6) is 1.78. The van der Waals surface area contributed by atoms with Gasteiger partial charge in [0.2, 0.25) is 5.91 Å². The number of hydrogen-bond donors (Lipinski definition) is 0. The maximum Gasteiger partial charge on any atom is 0.229 e. The lowest BCUT2D eigenvalue weighted by atomic mass is 10.1. The van der Waals surface area contributed by atoms with Crippen molar-refractivity contribution < 1.29 is 9.59 Å². The van der Waals surface area contributed by atoms with E-state index < -0.39 is 0 Å². The van der Waals surface area contributed by atoms with Gasteiger partial charge in [0.15, 0.2) is 10.2 Å². The van der Waals surface area contributed by atoms with Crippen LogP contribution in [-0.4, -0.2) is 28.3 Å². The quantitative estimate of drug-likeness (QED) is 0.857. The lowest BCUT2D eigenvalue weighted by Gasteiger charge is -2.12. The van der Waals surface area contributed by atoms with Gasteiger partial charge in [-0.1, -0.05) is 11.8 Å². The van der Waals surface area contributed by atoms with Gasteiger partial charge in [-0.05, 0) is 18.8 Å². The maximum atomic E-state index is 12.0. The van der Waals surface area contributed by atoms with Crippen LogP contribution in [0.25, 0.3) is 0 Å². The first-order chi connectivity index (χ1) is 9.13. The molecule has 2 aliphatic rings. The molecule has 2 fully saturated rings. The number of carbonyl (C=O) groups excluding carboxylic acids is 2. The van der Waals surface area contributed by atoms with Gasteiger partial charge in [-0.25, -0.2) is 4.98 Å². The molecule has 6 heteroatoms. The molecular weight excluding hydrogens is 280 g/mol. The second-order valence-corrected chi connectivity index (χ2v) is 7.24. The summed E-state index contributed by atoms with van der Waals surface area (Å²) in [5, 5.41) is 3.04. The smallest absolute Gasteiger partial charge is 0.229 e. The van der Waals surface area contributed by atoms with Crippen molar-refractivity contribution in [1.29, 1.82) is 0 Å². The van der Waals surface area contributed by atoms with E-state index in [1.807, 2.05) is 0 Å². The van der Waals surface area contributed by atoms with Crippen molar-refractivity contribution >= 4 is 39.3 Å². The summed E-state index contributed by atoms with van der Waals surface area (Å²) in [6, 6.07) is 0. The summed E-state index contributed by atoms with van der Waals surface area (Å²) < 4.78 is 0. The number of amides is 1. The number of carbonyl (C=O) groups is 2. The summed E-state index contributed by atoms with van der Waals surface area (Å²) in [6.45, 7) is 2.28. The molecule has 1 aromatic rings. The van der Waals surface area contributed by atoms with Crippen LogP contribution < -0.4 is 4.90 Å². The topological polar surface area (TPSA) is 50.3 Å². The molecule has 102 valence electrons. The van der Waals surface area contributed by atoms with Gasteiger partial charge in [0.05, 0.1) is 5.69 Å². The number of rotatable bonds is 4. The summed E-state index contributed by atoms with van der Waals surface area (Å²) in [6.07, 6.45) is 3.00. The molecule has 1 saturated carbocycles. The predicted octanol–water partition coefficient (Wildman–Crippen LogP) is 2.65. The Morgan fingerprint density at radius 1 is 1.58 bits per heavy atom. The fourth-order valence-electron chi connectivity index (χ4n) is 2.28. The van der Waals surface area contributed by atoms with Crippen molar-refractivity contribution in [2.24, 2.45) is 5.92 Å². The number of thiazole rings is 1. The first kappa shape index (κ1) is 13.1. The van der Waals surface area contributed by atoms with E-state index in [1.165, 1.54) is 24.6 Å². The molecule has 1 aliphatic carbocycles. The Morgan fingerprint density at radius 3 is 3.05 bits per heavy atom. The molecule has 0 radical (unpaired) electrons. The average Bonchev–Trinajstić information content (AvgIpc) is 2.98. The molecule has 4 nitrogen and oxygen atoms in total. The molecule has 1 aliphatic heterocycles. The molecular formula is C13H16N2O2S2. The zero-order valence-electron chi connectivity index (χ0n) is 10.8. The Bertz CT molecular complexity index is 510. The lowest BCUT2D eigenvalue weighted by Crippen LogP contribution is -2.24. The van der Waals surface area contributed by atoms with Gasteiger partial charge >= 0.3 is 0 Å².